The van der Waals surface area contributed by atoms with Crippen molar-refractivity contribution in [3.05, 3.63) is 48.2 Å². The molecule has 5 nitrogen and oxygen atoms in total. The maximum atomic E-state index is 12.4. The first-order chi connectivity index (χ1) is 9.94. The first-order valence-corrected chi connectivity index (χ1v) is 8.84. The van der Waals surface area contributed by atoms with Gasteiger partial charge in [0.25, 0.3) is 10.0 Å². The fourth-order valence-electron chi connectivity index (χ4n) is 1.79. The molecule has 1 N–H and O–H groups in total. The van der Waals surface area contributed by atoms with Crippen molar-refractivity contribution in [3.63, 3.8) is 0 Å². The monoisotopic (exact) mass is 369 g/mol. The van der Waals surface area contributed by atoms with Crippen LogP contribution in [0.5, 0.6) is 0 Å². The first kappa shape index (κ1) is 15.8. The van der Waals surface area contributed by atoms with E-state index < -0.39 is 10.0 Å². The van der Waals surface area contributed by atoms with Crippen LogP contribution in [0.4, 0.5) is 11.5 Å². The molecule has 0 amide bonds. The average Bonchev–Trinajstić information content (AvgIpc) is 2.47. The van der Waals surface area contributed by atoms with Gasteiger partial charge in [-0.15, -0.1) is 0 Å². The number of hydrogen-bond donors (Lipinski definition) is 1. The maximum absolute atomic E-state index is 12.4. The topological polar surface area (TPSA) is 62.3 Å². The van der Waals surface area contributed by atoms with Crippen LogP contribution in [-0.2, 0) is 15.4 Å². The van der Waals surface area contributed by atoms with Gasteiger partial charge in [-0.05, 0) is 29.8 Å². The number of hydrogen-bond acceptors (Lipinski definition) is 4. The van der Waals surface area contributed by atoms with Crippen molar-refractivity contribution in [2.45, 2.75) is 10.2 Å². The lowest BCUT2D eigenvalue weighted by atomic mass is 10.2. The van der Waals surface area contributed by atoms with E-state index in [1.54, 1.807) is 47.5 Å². The van der Waals surface area contributed by atoms with Gasteiger partial charge >= 0.3 is 0 Å². The molecule has 2 aromatic rings. The molecule has 1 aromatic heterocycles. The van der Waals surface area contributed by atoms with Crippen molar-refractivity contribution in [3.8, 4) is 0 Å². The fourth-order valence-corrected chi connectivity index (χ4v) is 3.23. The number of pyridine rings is 1. The molecular formula is C14H16BrN3O2S. The molecule has 0 radical (unpaired) electrons. The van der Waals surface area contributed by atoms with Gasteiger partial charge in [0.15, 0.2) is 5.82 Å². The summed E-state index contributed by atoms with van der Waals surface area (Å²) in [6.45, 7) is 0. The molecule has 7 heteroatoms. The molecule has 0 aliphatic heterocycles. The van der Waals surface area contributed by atoms with E-state index in [2.05, 4.69) is 25.6 Å². The van der Waals surface area contributed by atoms with E-state index in [1.165, 1.54) is 0 Å². The number of alkyl halides is 1. The number of nitrogens with zero attached hydrogens (tertiary/aromatic N) is 2. The molecule has 2 rings (SSSR count). The highest BCUT2D eigenvalue weighted by atomic mass is 79.9. The second-order valence-electron chi connectivity index (χ2n) is 4.65. The molecule has 112 valence electrons. The van der Waals surface area contributed by atoms with Crippen LogP contribution < -0.4 is 9.62 Å². The zero-order valence-electron chi connectivity index (χ0n) is 11.7. The van der Waals surface area contributed by atoms with Crippen LogP contribution in [0.15, 0.2) is 47.5 Å². The molecular weight excluding hydrogens is 354 g/mol. The summed E-state index contributed by atoms with van der Waals surface area (Å²) in [4.78, 5) is 6.15. The summed E-state index contributed by atoms with van der Waals surface area (Å²) < 4.78 is 27.4. The molecule has 1 aromatic carbocycles. The standard InChI is InChI=1S/C14H16BrN3O2S/c1-18(2)14-13(4-3-9-16-14)17-21(19,20)12-7-5-11(10-15)6-8-12/h3-9,17H,10H2,1-2H3. The van der Waals surface area contributed by atoms with Crippen LogP contribution in [0.25, 0.3) is 0 Å². The van der Waals surface area contributed by atoms with Gasteiger partial charge in [-0.2, -0.15) is 0 Å². The van der Waals surface area contributed by atoms with Crippen LogP contribution >= 0.6 is 15.9 Å². The summed E-state index contributed by atoms with van der Waals surface area (Å²) >= 11 is 3.33. The zero-order valence-corrected chi connectivity index (χ0v) is 14.1. The number of aromatic nitrogens is 1. The van der Waals surface area contributed by atoms with Gasteiger partial charge in [0.2, 0.25) is 0 Å². The van der Waals surface area contributed by atoms with Gasteiger partial charge < -0.3 is 4.90 Å². The zero-order chi connectivity index (χ0) is 15.5. The molecule has 0 unspecified atom stereocenters. The summed E-state index contributed by atoms with van der Waals surface area (Å²) in [5, 5.41) is 0.689. The van der Waals surface area contributed by atoms with Gasteiger partial charge in [-0.25, -0.2) is 13.4 Å². The molecule has 21 heavy (non-hydrogen) atoms. The normalized spacial score (nSPS) is 11.2. The van der Waals surface area contributed by atoms with E-state index in [1.807, 2.05) is 14.1 Å². The lowest BCUT2D eigenvalue weighted by Gasteiger charge is -2.17. The summed E-state index contributed by atoms with van der Waals surface area (Å²) in [7, 11) is -0.00542. The van der Waals surface area contributed by atoms with E-state index in [0.29, 0.717) is 16.8 Å². The molecule has 1 heterocycles. The van der Waals surface area contributed by atoms with E-state index in [-0.39, 0.29) is 4.90 Å². The summed E-state index contributed by atoms with van der Waals surface area (Å²) in [6, 6.07) is 10.1. The number of sulfonamides is 1. The van der Waals surface area contributed by atoms with E-state index in [0.717, 1.165) is 5.56 Å². The third kappa shape index (κ3) is 3.74. The highest BCUT2D eigenvalue weighted by Crippen LogP contribution is 2.24. The maximum Gasteiger partial charge on any atom is 0.262 e. The van der Waals surface area contributed by atoms with Crippen molar-refractivity contribution >= 4 is 37.5 Å². The minimum absolute atomic E-state index is 0.223. The third-order valence-electron chi connectivity index (χ3n) is 2.84. The van der Waals surface area contributed by atoms with Crippen LogP contribution in [0.1, 0.15) is 5.56 Å². The first-order valence-electron chi connectivity index (χ1n) is 6.24. The van der Waals surface area contributed by atoms with Gasteiger partial charge in [0, 0.05) is 25.6 Å². The summed E-state index contributed by atoms with van der Waals surface area (Å²) in [5.74, 6) is 0.568. The Kier molecular flexibility index (Phi) is 4.84. The van der Waals surface area contributed by atoms with E-state index in [9.17, 15) is 8.42 Å². The Morgan fingerprint density at radius 3 is 2.43 bits per heavy atom. The smallest absolute Gasteiger partial charge is 0.262 e. The highest BCUT2D eigenvalue weighted by Gasteiger charge is 2.17. The molecule has 0 spiro atoms. The second kappa shape index (κ2) is 6.44. The van der Waals surface area contributed by atoms with Gasteiger partial charge in [-0.1, -0.05) is 28.1 Å². The van der Waals surface area contributed by atoms with Crippen molar-refractivity contribution in [2.24, 2.45) is 0 Å². The fraction of sp³-hybridized carbons (Fsp3) is 0.214. The predicted molar refractivity (Wildman–Crippen MR) is 88.4 cm³/mol. The van der Waals surface area contributed by atoms with Crippen LogP contribution in [0.2, 0.25) is 0 Å². The lowest BCUT2D eigenvalue weighted by Crippen LogP contribution is -2.18. The number of rotatable bonds is 5. The number of anilines is 2. The Bertz CT molecular complexity index is 715. The van der Waals surface area contributed by atoms with Gasteiger partial charge in [0.1, 0.15) is 0 Å². The molecule has 0 aliphatic rings. The number of nitrogens with one attached hydrogen (secondary N) is 1. The van der Waals surface area contributed by atoms with E-state index in [4.69, 9.17) is 0 Å². The van der Waals surface area contributed by atoms with Gasteiger partial charge in [0.05, 0.1) is 10.6 Å². The molecule has 0 bridgehead atoms. The SMILES string of the molecule is CN(C)c1ncccc1NS(=O)(=O)c1ccc(CBr)cc1. The number of halogens is 1. The Hall–Kier alpha value is -1.60. The molecule has 0 saturated heterocycles. The van der Waals surface area contributed by atoms with Gasteiger partial charge in [-0.3, -0.25) is 4.72 Å². The van der Waals surface area contributed by atoms with Crippen molar-refractivity contribution in [1.82, 2.24) is 4.98 Å². The Morgan fingerprint density at radius 1 is 1.19 bits per heavy atom. The largest absolute Gasteiger partial charge is 0.361 e. The van der Waals surface area contributed by atoms with Crippen molar-refractivity contribution in [2.75, 3.05) is 23.7 Å². The minimum atomic E-state index is -3.63. The lowest BCUT2D eigenvalue weighted by molar-refractivity contribution is 0.601. The molecule has 0 atom stereocenters. The van der Waals surface area contributed by atoms with Crippen LogP contribution in [-0.4, -0.2) is 27.5 Å². The Balaban J connectivity index is 2.33. The van der Waals surface area contributed by atoms with Crippen LogP contribution in [0.3, 0.4) is 0 Å². The quantitative estimate of drug-likeness (QED) is 0.823. The number of benzene rings is 1. The van der Waals surface area contributed by atoms with E-state index >= 15 is 0 Å². The highest BCUT2D eigenvalue weighted by molar-refractivity contribution is 9.08. The summed E-state index contributed by atoms with van der Waals surface area (Å²) in [6.07, 6.45) is 1.62. The summed E-state index contributed by atoms with van der Waals surface area (Å²) in [5.41, 5.74) is 1.47. The van der Waals surface area contributed by atoms with Crippen molar-refractivity contribution < 1.29 is 8.42 Å². The Labute approximate surface area is 133 Å². The van der Waals surface area contributed by atoms with Crippen LogP contribution in [0, 0.1) is 0 Å². The molecule has 0 saturated carbocycles. The minimum Gasteiger partial charge on any atom is -0.361 e. The van der Waals surface area contributed by atoms with Crippen molar-refractivity contribution in [1.29, 1.82) is 0 Å². The second-order valence-corrected chi connectivity index (χ2v) is 6.90. The third-order valence-corrected chi connectivity index (χ3v) is 4.87. The molecule has 0 fully saturated rings. The Morgan fingerprint density at radius 2 is 1.86 bits per heavy atom. The average molecular weight is 370 g/mol. The predicted octanol–water partition coefficient (Wildman–Crippen LogP) is 2.84. The molecule has 0 aliphatic carbocycles.